The Bertz CT molecular complexity index is 1030. The Balaban J connectivity index is 1.87. The fourth-order valence-electron chi connectivity index (χ4n) is 4.23. The van der Waals surface area contributed by atoms with Gasteiger partial charge in [-0.1, -0.05) is 57.2 Å². The largest absolute Gasteiger partial charge is 0.487 e. The first kappa shape index (κ1) is 23.1. The number of fused-ring (bicyclic) bond motifs is 1. The molecule has 168 valence electrons. The summed E-state index contributed by atoms with van der Waals surface area (Å²) in [5.41, 5.74) is 2.00. The third-order valence-corrected chi connectivity index (χ3v) is 7.28. The number of carbonyl (C=O) groups excluding carboxylic acids is 1. The number of para-hydroxylation sites is 2. The van der Waals surface area contributed by atoms with Crippen LogP contribution in [0.1, 0.15) is 57.2 Å². The van der Waals surface area contributed by atoms with Crippen molar-refractivity contribution in [1.82, 2.24) is 5.32 Å². The third kappa shape index (κ3) is 5.03. The van der Waals surface area contributed by atoms with E-state index < -0.39 is 10.0 Å². The monoisotopic (exact) mass is 444 g/mol. The minimum Gasteiger partial charge on any atom is -0.487 e. The molecule has 3 rings (SSSR count). The second kappa shape index (κ2) is 9.30. The maximum absolute atomic E-state index is 13.1. The predicted octanol–water partition coefficient (Wildman–Crippen LogP) is 4.21. The number of benzene rings is 2. The normalized spacial score (nSPS) is 17.4. The summed E-state index contributed by atoms with van der Waals surface area (Å²) in [6.45, 7) is 5.88. The van der Waals surface area contributed by atoms with Crippen LogP contribution in [-0.2, 0) is 21.2 Å². The topological polar surface area (TPSA) is 75.7 Å². The fraction of sp³-hybridized carbons (Fsp3) is 0.458. The van der Waals surface area contributed by atoms with Crippen molar-refractivity contribution in [2.45, 2.75) is 58.1 Å². The van der Waals surface area contributed by atoms with E-state index >= 15 is 0 Å². The van der Waals surface area contributed by atoms with Crippen LogP contribution in [0.2, 0.25) is 0 Å². The van der Waals surface area contributed by atoms with Gasteiger partial charge in [0.2, 0.25) is 15.9 Å². The van der Waals surface area contributed by atoms with Crippen molar-refractivity contribution in [3.8, 4) is 5.75 Å². The van der Waals surface area contributed by atoms with Crippen molar-refractivity contribution in [3.63, 3.8) is 0 Å². The van der Waals surface area contributed by atoms with Gasteiger partial charge < -0.3 is 10.1 Å². The molecule has 2 aromatic rings. The molecule has 0 spiro atoms. The summed E-state index contributed by atoms with van der Waals surface area (Å²) in [4.78, 5) is 13.1. The van der Waals surface area contributed by atoms with Crippen molar-refractivity contribution in [2.75, 3.05) is 17.1 Å². The Labute approximate surface area is 185 Å². The van der Waals surface area contributed by atoms with Gasteiger partial charge in [-0.3, -0.25) is 9.10 Å². The molecule has 1 aliphatic rings. The predicted molar refractivity (Wildman–Crippen MR) is 124 cm³/mol. The quantitative estimate of drug-likeness (QED) is 0.662. The van der Waals surface area contributed by atoms with Crippen LogP contribution < -0.4 is 14.4 Å². The number of nitrogens with one attached hydrogen (secondary N) is 1. The van der Waals surface area contributed by atoms with Crippen LogP contribution in [0.4, 0.5) is 5.69 Å². The van der Waals surface area contributed by atoms with E-state index in [1.54, 1.807) is 12.1 Å². The third-order valence-electron chi connectivity index (χ3n) is 6.15. The van der Waals surface area contributed by atoms with Gasteiger partial charge in [0.1, 0.15) is 17.9 Å². The van der Waals surface area contributed by atoms with Gasteiger partial charge in [0.05, 0.1) is 18.0 Å². The lowest BCUT2D eigenvalue weighted by molar-refractivity contribution is -0.121. The van der Waals surface area contributed by atoms with Crippen molar-refractivity contribution in [1.29, 1.82) is 0 Å². The summed E-state index contributed by atoms with van der Waals surface area (Å²) >= 11 is 0. The van der Waals surface area contributed by atoms with Crippen molar-refractivity contribution in [2.24, 2.45) is 0 Å². The Morgan fingerprint density at radius 1 is 1.10 bits per heavy atom. The summed E-state index contributed by atoms with van der Waals surface area (Å²) in [5, 5.41) is 3.08. The molecule has 0 bridgehead atoms. The Kier molecular flexibility index (Phi) is 6.94. The van der Waals surface area contributed by atoms with Gasteiger partial charge in [0.25, 0.3) is 0 Å². The zero-order valence-electron chi connectivity index (χ0n) is 18.7. The Morgan fingerprint density at radius 2 is 1.74 bits per heavy atom. The zero-order valence-corrected chi connectivity index (χ0v) is 19.5. The number of ether oxygens (including phenoxy) is 1. The minimum absolute atomic E-state index is 0.236. The van der Waals surface area contributed by atoms with Gasteiger partial charge in [-0.25, -0.2) is 8.42 Å². The average Bonchev–Trinajstić information content (AvgIpc) is 2.76. The molecule has 0 aliphatic carbocycles. The number of rotatable bonds is 8. The molecule has 1 heterocycles. The lowest BCUT2D eigenvalue weighted by Gasteiger charge is -2.41. The van der Waals surface area contributed by atoms with Crippen molar-refractivity contribution >= 4 is 21.6 Å². The molecule has 7 heteroatoms. The molecule has 0 unspecified atom stereocenters. The van der Waals surface area contributed by atoms with Gasteiger partial charge in [0, 0.05) is 12.0 Å². The highest BCUT2D eigenvalue weighted by atomic mass is 32.2. The van der Waals surface area contributed by atoms with E-state index in [0.29, 0.717) is 18.5 Å². The van der Waals surface area contributed by atoms with Crippen LogP contribution >= 0.6 is 0 Å². The lowest BCUT2D eigenvalue weighted by atomic mass is 9.83. The molecule has 1 amide bonds. The molecule has 1 N–H and O–H groups in total. The number of nitrogens with zero attached hydrogens (tertiary/aromatic N) is 1. The number of amides is 1. The lowest BCUT2D eigenvalue weighted by Crippen LogP contribution is -2.47. The number of hydrogen-bond acceptors (Lipinski definition) is 4. The second-order valence-electron chi connectivity index (χ2n) is 8.11. The van der Waals surface area contributed by atoms with Crippen molar-refractivity contribution in [3.05, 3.63) is 59.7 Å². The maximum Gasteiger partial charge on any atom is 0.241 e. The minimum atomic E-state index is -3.63. The first-order chi connectivity index (χ1) is 14.7. The van der Waals surface area contributed by atoms with E-state index in [2.05, 4.69) is 19.2 Å². The molecule has 2 aromatic carbocycles. The highest BCUT2D eigenvalue weighted by Gasteiger charge is 2.39. The molecular weight excluding hydrogens is 412 g/mol. The molecule has 0 fully saturated rings. The van der Waals surface area contributed by atoms with Gasteiger partial charge in [-0.2, -0.15) is 0 Å². The van der Waals surface area contributed by atoms with E-state index in [9.17, 15) is 13.2 Å². The van der Waals surface area contributed by atoms with E-state index in [1.165, 1.54) is 4.31 Å². The average molecular weight is 445 g/mol. The van der Waals surface area contributed by atoms with E-state index in [0.717, 1.165) is 36.0 Å². The summed E-state index contributed by atoms with van der Waals surface area (Å²) < 4.78 is 32.6. The number of hydrogen-bond donors (Lipinski definition) is 1. The standard InChI is InChI=1S/C24H32N2O4S/c1-5-18-12-8-10-14-21(18)26(31(4,28)29)17-23(27)25-20-16-24(6-2,7-3)30-22-15-11-9-13-19(20)22/h8-15,20H,5-7,16-17H2,1-4H3,(H,25,27)/t20-/m1/s1. The second-order valence-corrected chi connectivity index (χ2v) is 10.0. The summed E-state index contributed by atoms with van der Waals surface area (Å²) in [5.74, 6) is 0.443. The van der Waals surface area contributed by atoms with E-state index in [-0.39, 0.29) is 24.1 Å². The number of aryl methyl sites for hydroxylation is 1. The SMILES string of the molecule is CCc1ccccc1N(CC(=O)N[C@@H]1CC(CC)(CC)Oc2ccccc21)S(C)(=O)=O. The highest BCUT2D eigenvalue weighted by molar-refractivity contribution is 7.92. The van der Waals surface area contributed by atoms with Gasteiger partial charge in [-0.15, -0.1) is 0 Å². The molecule has 1 aliphatic heterocycles. The molecule has 1 atom stereocenters. The van der Waals surface area contributed by atoms with Gasteiger partial charge in [0.15, 0.2) is 0 Å². The molecule has 0 radical (unpaired) electrons. The molecule has 0 aromatic heterocycles. The summed E-state index contributed by atoms with van der Waals surface area (Å²) in [6.07, 6.45) is 4.10. The van der Waals surface area contributed by atoms with Crippen LogP contribution in [0, 0.1) is 0 Å². The fourth-order valence-corrected chi connectivity index (χ4v) is 5.12. The molecule has 0 saturated heterocycles. The zero-order chi connectivity index (χ0) is 22.6. The summed E-state index contributed by atoms with van der Waals surface area (Å²) in [7, 11) is -3.63. The molecule has 0 saturated carbocycles. The number of anilines is 1. The molecule has 6 nitrogen and oxygen atoms in total. The molecule has 31 heavy (non-hydrogen) atoms. The Hall–Kier alpha value is -2.54. The smallest absolute Gasteiger partial charge is 0.241 e. The van der Waals surface area contributed by atoms with Crippen LogP contribution in [-0.4, -0.2) is 32.7 Å². The first-order valence-electron chi connectivity index (χ1n) is 10.9. The maximum atomic E-state index is 13.1. The van der Waals surface area contributed by atoms with Crippen molar-refractivity contribution < 1.29 is 17.9 Å². The van der Waals surface area contributed by atoms with Crippen LogP contribution in [0.5, 0.6) is 5.75 Å². The highest BCUT2D eigenvalue weighted by Crippen LogP contribution is 2.42. The molecular formula is C24H32N2O4S. The van der Waals surface area contributed by atoms with Gasteiger partial charge in [-0.05, 0) is 37.0 Å². The van der Waals surface area contributed by atoms with Crippen LogP contribution in [0.25, 0.3) is 0 Å². The summed E-state index contributed by atoms with van der Waals surface area (Å²) in [6, 6.07) is 14.8. The van der Waals surface area contributed by atoms with Gasteiger partial charge >= 0.3 is 0 Å². The van der Waals surface area contributed by atoms with E-state index in [4.69, 9.17) is 4.74 Å². The number of sulfonamides is 1. The van der Waals surface area contributed by atoms with Crippen LogP contribution in [0.15, 0.2) is 48.5 Å². The first-order valence-corrected chi connectivity index (χ1v) is 12.7. The van der Waals surface area contributed by atoms with E-state index in [1.807, 2.05) is 43.3 Å². The Morgan fingerprint density at radius 3 is 2.39 bits per heavy atom. The number of carbonyl (C=O) groups is 1. The van der Waals surface area contributed by atoms with Crippen LogP contribution in [0.3, 0.4) is 0 Å².